The van der Waals surface area contributed by atoms with Crippen molar-refractivity contribution < 1.29 is 28.2 Å². The minimum atomic E-state index is -0.745. The van der Waals surface area contributed by atoms with E-state index in [1.807, 2.05) is 26.0 Å². The number of fused-ring (bicyclic) bond motifs is 1. The Labute approximate surface area is 197 Å². The van der Waals surface area contributed by atoms with Crippen molar-refractivity contribution in [3.63, 3.8) is 0 Å². The minimum Gasteiger partial charge on any atom is -0.496 e. The fourth-order valence-corrected chi connectivity index (χ4v) is 3.46. The van der Waals surface area contributed by atoms with Gasteiger partial charge in [0.1, 0.15) is 28.7 Å². The molecule has 34 heavy (non-hydrogen) atoms. The summed E-state index contributed by atoms with van der Waals surface area (Å²) in [5, 5.41) is 0.490. The highest BCUT2D eigenvalue weighted by atomic mass is 16.5. The lowest BCUT2D eigenvalue weighted by molar-refractivity contribution is -0.146. The molecule has 0 aliphatic rings. The Morgan fingerprint density at radius 3 is 2.44 bits per heavy atom. The van der Waals surface area contributed by atoms with E-state index in [1.165, 1.54) is 20.3 Å². The Kier molecular flexibility index (Phi) is 8.24. The molecule has 1 atom stereocenters. The molecule has 7 nitrogen and oxygen atoms in total. The van der Waals surface area contributed by atoms with Crippen molar-refractivity contribution in [3.05, 3.63) is 81.7 Å². The maximum absolute atomic E-state index is 13.0. The zero-order chi connectivity index (χ0) is 24.7. The fourth-order valence-electron chi connectivity index (χ4n) is 3.46. The van der Waals surface area contributed by atoms with Gasteiger partial charge in [-0.25, -0.2) is 4.79 Å². The smallest absolute Gasteiger partial charge is 0.347 e. The number of rotatable bonds is 10. The van der Waals surface area contributed by atoms with Crippen LogP contribution in [0.25, 0.3) is 11.0 Å². The molecule has 0 spiro atoms. The van der Waals surface area contributed by atoms with Crippen LogP contribution in [-0.2, 0) is 16.0 Å². The van der Waals surface area contributed by atoms with E-state index >= 15 is 0 Å². The summed E-state index contributed by atoms with van der Waals surface area (Å²) < 4.78 is 21.3. The zero-order valence-electron chi connectivity index (χ0n) is 19.8. The summed E-state index contributed by atoms with van der Waals surface area (Å²) in [4.78, 5) is 37.5. The predicted octanol–water partition coefficient (Wildman–Crippen LogP) is 4.87. The first-order valence-corrected chi connectivity index (χ1v) is 11.1. The first kappa shape index (κ1) is 24.8. The van der Waals surface area contributed by atoms with Crippen LogP contribution in [0.1, 0.15) is 48.2 Å². The van der Waals surface area contributed by atoms with Crippen LogP contribution in [0, 0.1) is 0 Å². The molecule has 0 N–H and O–H groups in total. The zero-order valence-corrected chi connectivity index (χ0v) is 19.8. The molecule has 0 amide bonds. The fraction of sp³-hybridized carbons (Fsp3) is 0.296. The quantitative estimate of drug-likeness (QED) is 0.183. The average molecular weight is 465 g/mol. The van der Waals surface area contributed by atoms with Gasteiger partial charge in [-0.2, -0.15) is 0 Å². The van der Waals surface area contributed by atoms with Crippen molar-refractivity contribution in [2.45, 2.75) is 39.2 Å². The molecule has 0 fully saturated rings. The second kappa shape index (κ2) is 11.3. The van der Waals surface area contributed by atoms with Gasteiger partial charge >= 0.3 is 11.6 Å². The van der Waals surface area contributed by atoms with Gasteiger partial charge < -0.3 is 18.6 Å². The molecule has 0 aliphatic carbocycles. The topological polar surface area (TPSA) is 92.0 Å². The summed E-state index contributed by atoms with van der Waals surface area (Å²) in [5.41, 5.74) is 0.639. The number of aryl methyl sites for hydroxylation is 1. The Bertz CT molecular complexity index is 1250. The first-order valence-electron chi connectivity index (χ1n) is 11.1. The van der Waals surface area contributed by atoms with Gasteiger partial charge in [-0.15, -0.1) is 0 Å². The Balaban J connectivity index is 1.74. The monoisotopic (exact) mass is 464 g/mol. The second-order valence-electron chi connectivity index (χ2n) is 7.75. The maximum Gasteiger partial charge on any atom is 0.347 e. The molecule has 3 aromatic rings. The van der Waals surface area contributed by atoms with Crippen LogP contribution in [-0.4, -0.2) is 32.1 Å². The number of methoxy groups -OCH3 is 2. The summed E-state index contributed by atoms with van der Waals surface area (Å²) in [5.74, 6) is 0.149. The van der Waals surface area contributed by atoms with Gasteiger partial charge in [0.05, 0.1) is 19.6 Å². The molecule has 1 aromatic heterocycles. The van der Waals surface area contributed by atoms with E-state index in [0.717, 1.165) is 12.0 Å². The molecule has 0 radical (unpaired) electrons. The lowest BCUT2D eigenvalue weighted by Gasteiger charge is -2.10. The SMILES string of the molecule is CC/C=C\[C@@H](C)OC(=O)CCc1ccc(C(=O)c2cc3c(OC)cc(OC)cc3oc2=O)cc1. The normalized spacial score (nSPS) is 12.0. The number of ether oxygens (including phenoxy) is 3. The Morgan fingerprint density at radius 1 is 1.06 bits per heavy atom. The number of hydrogen-bond donors (Lipinski definition) is 0. The summed E-state index contributed by atoms with van der Waals surface area (Å²) in [6, 6.07) is 11.5. The van der Waals surface area contributed by atoms with E-state index in [2.05, 4.69) is 0 Å². The number of ketones is 1. The third-order valence-corrected chi connectivity index (χ3v) is 5.28. The van der Waals surface area contributed by atoms with E-state index in [4.69, 9.17) is 18.6 Å². The number of carbonyl (C=O) groups is 2. The van der Waals surface area contributed by atoms with Gasteiger partial charge in [0.2, 0.25) is 0 Å². The second-order valence-corrected chi connectivity index (χ2v) is 7.75. The van der Waals surface area contributed by atoms with Gasteiger partial charge in [-0.3, -0.25) is 9.59 Å². The largest absolute Gasteiger partial charge is 0.496 e. The van der Waals surface area contributed by atoms with Crippen LogP contribution in [0.4, 0.5) is 0 Å². The number of allylic oxidation sites excluding steroid dienone is 1. The third-order valence-electron chi connectivity index (χ3n) is 5.28. The number of benzene rings is 2. The van der Waals surface area contributed by atoms with Crippen molar-refractivity contribution in [1.82, 2.24) is 0 Å². The Hall–Kier alpha value is -3.87. The molecule has 0 bridgehead atoms. The van der Waals surface area contributed by atoms with Crippen molar-refractivity contribution in [2.75, 3.05) is 14.2 Å². The standard InChI is InChI=1S/C27H28O7/c1-5-6-7-17(2)33-25(28)13-10-18-8-11-19(12-9-18)26(29)22-16-21-23(32-4)14-20(31-3)15-24(21)34-27(22)30/h6-9,11-12,14-17H,5,10,13H2,1-4H3/b7-6-/t17-/m1/s1. The van der Waals surface area contributed by atoms with E-state index in [-0.39, 0.29) is 29.6 Å². The maximum atomic E-state index is 13.0. The van der Waals surface area contributed by atoms with Gasteiger partial charge in [0, 0.05) is 24.1 Å². The molecule has 2 aromatic carbocycles. The van der Waals surface area contributed by atoms with E-state index in [9.17, 15) is 14.4 Å². The van der Waals surface area contributed by atoms with Gasteiger partial charge in [-0.05, 0) is 37.5 Å². The van der Waals surface area contributed by atoms with E-state index < -0.39 is 11.4 Å². The molecular formula is C27H28O7. The molecular weight excluding hydrogens is 436 g/mol. The van der Waals surface area contributed by atoms with Crippen molar-refractivity contribution in [2.24, 2.45) is 0 Å². The molecule has 0 saturated carbocycles. The summed E-state index contributed by atoms with van der Waals surface area (Å²) in [6.07, 6.45) is 5.14. The molecule has 0 saturated heterocycles. The molecule has 178 valence electrons. The summed E-state index contributed by atoms with van der Waals surface area (Å²) in [7, 11) is 2.98. The van der Waals surface area contributed by atoms with Crippen LogP contribution >= 0.6 is 0 Å². The van der Waals surface area contributed by atoms with Crippen LogP contribution < -0.4 is 15.1 Å². The highest BCUT2D eigenvalue weighted by Crippen LogP contribution is 2.31. The lowest BCUT2D eigenvalue weighted by Crippen LogP contribution is -2.15. The van der Waals surface area contributed by atoms with Crippen LogP contribution in [0.15, 0.2) is 63.8 Å². The van der Waals surface area contributed by atoms with Crippen LogP contribution in [0.2, 0.25) is 0 Å². The predicted molar refractivity (Wildman–Crippen MR) is 129 cm³/mol. The highest BCUT2D eigenvalue weighted by Gasteiger charge is 2.18. The molecule has 0 unspecified atom stereocenters. The van der Waals surface area contributed by atoms with Gasteiger partial charge in [0.25, 0.3) is 0 Å². The lowest BCUT2D eigenvalue weighted by atomic mass is 10.0. The first-order chi connectivity index (χ1) is 16.4. The van der Waals surface area contributed by atoms with Gasteiger partial charge in [-0.1, -0.05) is 37.3 Å². The van der Waals surface area contributed by atoms with Crippen LogP contribution in [0.3, 0.4) is 0 Å². The number of hydrogen-bond acceptors (Lipinski definition) is 7. The summed E-state index contributed by atoms with van der Waals surface area (Å²) >= 11 is 0. The Morgan fingerprint density at radius 2 is 1.79 bits per heavy atom. The molecule has 7 heteroatoms. The third kappa shape index (κ3) is 5.92. The van der Waals surface area contributed by atoms with E-state index in [0.29, 0.717) is 28.9 Å². The van der Waals surface area contributed by atoms with Crippen molar-refractivity contribution in [1.29, 1.82) is 0 Å². The minimum absolute atomic E-state index is 0.0959. The van der Waals surface area contributed by atoms with Crippen LogP contribution in [0.5, 0.6) is 11.5 Å². The molecule has 0 aliphatic heterocycles. The van der Waals surface area contributed by atoms with Crippen molar-refractivity contribution >= 4 is 22.7 Å². The van der Waals surface area contributed by atoms with E-state index in [1.54, 1.807) is 36.4 Å². The van der Waals surface area contributed by atoms with Gasteiger partial charge in [0.15, 0.2) is 5.78 Å². The summed E-state index contributed by atoms with van der Waals surface area (Å²) in [6.45, 7) is 3.83. The average Bonchev–Trinajstić information content (AvgIpc) is 2.84. The molecule has 3 rings (SSSR count). The molecule has 1 heterocycles. The number of esters is 1. The van der Waals surface area contributed by atoms with Crippen molar-refractivity contribution in [3.8, 4) is 11.5 Å². The number of carbonyl (C=O) groups excluding carboxylic acids is 2. The highest BCUT2D eigenvalue weighted by molar-refractivity contribution is 6.10.